The van der Waals surface area contributed by atoms with E-state index in [1.54, 1.807) is 0 Å². The van der Waals surface area contributed by atoms with Crippen molar-refractivity contribution in [3.63, 3.8) is 0 Å². The average molecular weight is 286 g/mol. The predicted molar refractivity (Wildman–Crippen MR) is 87.0 cm³/mol. The first kappa shape index (κ1) is 15.7. The van der Waals surface area contributed by atoms with Crippen LogP contribution in [0, 0.1) is 13.8 Å². The van der Waals surface area contributed by atoms with Crippen LogP contribution in [-0.4, -0.2) is 15.8 Å². The van der Waals surface area contributed by atoms with Crippen molar-refractivity contribution in [2.24, 2.45) is 5.84 Å². The second-order valence-electron chi connectivity index (χ2n) is 5.63. The van der Waals surface area contributed by atoms with E-state index in [1.807, 2.05) is 6.92 Å². The van der Waals surface area contributed by atoms with Crippen molar-refractivity contribution in [3.05, 3.63) is 52.8 Å². The van der Waals surface area contributed by atoms with Crippen LogP contribution in [0.1, 0.15) is 35.9 Å². The SMILES string of the molecule is CCn1nc(C)cc1CC(CCc1ccccc1C)NN. The van der Waals surface area contributed by atoms with Crippen LogP contribution in [0.15, 0.2) is 30.3 Å². The average Bonchev–Trinajstić information content (AvgIpc) is 2.84. The molecule has 114 valence electrons. The fourth-order valence-electron chi connectivity index (χ4n) is 2.75. The quantitative estimate of drug-likeness (QED) is 0.607. The number of rotatable bonds is 7. The molecular formula is C17H26N4. The number of aromatic nitrogens is 2. The molecule has 2 aromatic rings. The molecule has 1 atom stereocenters. The number of nitrogens with two attached hydrogens (primary N) is 1. The molecule has 0 bridgehead atoms. The fourth-order valence-corrected chi connectivity index (χ4v) is 2.75. The Labute approximate surface area is 127 Å². The Bertz CT molecular complexity index is 574. The summed E-state index contributed by atoms with van der Waals surface area (Å²) in [6, 6.07) is 11.0. The van der Waals surface area contributed by atoms with E-state index in [0.29, 0.717) is 0 Å². The van der Waals surface area contributed by atoms with E-state index in [1.165, 1.54) is 16.8 Å². The maximum Gasteiger partial charge on any atom is 0.0596 e. The van der Waals surface area contributed by atoms with Crippen LogP contribution in [0.5, 0.6) is 0 Å². The van der Waals surface area contributed by atoms with Crippen LogP contribution >= 0.6 is 0 Å². The van der Waals surface area contributed by atoms with E-state index in [2.05, 4.69) is 59.4 Å². The van der Waals surface area contributed by atoms with Gasteiger partial charge >= 0.3 is 0 Å². The molecule has 1 unspecified atom stereocenters. The van der Waals surface area contributed by atoms with Crippen molar-refractivity contribution in [3.8, 4) is 0 Å². The zero-order valence-corrected chi connectivity index (χ0v) is 13.3. The summed E-state index contributed by atoms with van der Waals surface area (Å²) >= 11 is 0. The maximum atomic E-state index is 5.74. The molecule has 21 heavy (non-hydrogen) atoms. The molecule has 0 aliphatic rings. The normalized spacial score (nSPS) is 12.6. The number of hydrogen-bond acceptors (Lipinski definition) is 3. The molecule has 0 spiro atoms. The second-order valence-corrected chi connectivity index (χ2v) is 5.63. The van der Waals surface area contributed by atoms with Gasteiger partial charge in [-0.05, 0) is 50.8 Å². The largest absolute Gasteiger partial charge is 0.271 e. The highest BCUT2D eigenvalue weighted by atomic mass is 15.3. The van der Waals surface area contributed by atoms with Crippen molar-refractivity contribution < 1.29 is 0 Å². The smallest absolute Gasteiger partial charge is 0.0596 e. The van der Waals surface area contributed by atoms with Crippen molar-refractivity contribution in [1.82, 2.24) is 15.2 Å². The number of aryl methyl sites for hydroxylation is 4. The summed E-state index contributed by atoms with van der Waals surface area (Å²) in [5, 5.41) is 4.50. The Morgan fingerprint density at radius 1 is 1.29 bits per heavy atom. The van der Waals surface area contributed by atoms with Gasteiger partial charge < -0.3 is 0 Å². The van der Waals surface area contributed by atoms with Gasteiger partial charge in [0, 0.05) is 24.7 Å². The van der Waals surface area contributed by atoms with E-state index in [-0.39, 0.29) is 6.04 Å². The summed E-state index contributed by atoms with van der Waals surface area (Å²) in [7, 11) is 0. The van der Waals surface area contributed by atoms with E-state index < -0.39 is 0 Å². The van der Waals surface area contributed by atoms with Crippen LogP contribution in [0.2, 0.25) is 0 Å². The summed E-state index contributed by atoms with van der Waals surface area (Å²) in [6.45, 7) is 7.22. The minimum Gasteiger partial charge on any atom is -0.271 e. The van der Waals surface area contributed by atoms with Gasteiger partial charge in [-0.15, -0.1) is 0 Å². The Hall–Kier alpha value is -1.65. The Balaban J connectivity index is 1.98. The molecule has 4 nitrogen and oxygen atoms in total. The molecular weight excluding hydrogens is 260 g/mol. The third kappa shape index (κ3) is 4.16. The molecule has 0 radical (unpaired) electrons. The summed E-state index contributed by atoms with van der Waals surface area (Å²) in [4.78, 5) is 0. The Kier molecular flexibility index (Phi) is 5.53. The van der Waals surface area contributed by atoms with Crippen molar-refractivity contribution in [2.75, 3.05) is 0 Å². The van der Waals surface area contributed by atoms with Crippen LogP contribution in [-0.2, 0) is 19.4 Å². The first-order valence-corrected chi connectivity index (χ1v) is 7.68. The molecule has 0 saturated carbocycles. The highest BCUT2D eigenvalue weighted by Crippen LogP contribution is 2.14. The molecule has 0 saturated heterocycles. The number of hydrogen-bond donors (Lipinski definition) is 2. The predicted octanol–water partition coefficient (Wildman–Crippen LogP) is 2.53. The van der Waals surface area contributed by atoms with Gasteiger partial charge in [0.25, 0.3) is 0 Å². The van der Waals surface area contributed by atoms with Crippen LogP contribution in [0.4, 0.5) is 0 Å². The minimum absolute atomic E-state index is 0.269. The third-order valence-electron chi connectivity index (χ3n) is 4.00. The minimum atomic E-state index is 0.269. The summed E-state index contributed by atoms with van der Waals surface area (Å²) < 4.78 is 2.06. The molecule has 0 amide bonds. The van der Waals surface area contributed by atoms with Gasteiger partial charge in [-0.25, -0.2) is 0 Å². The topological polar surface area (TPSA) is 55.9 Å². The lowest BCUT2D eigenvalue weighted by Gasteiger charge is -2.17. The van der Waals surface area contributed by atoms with Gasteiger partial charge in [0.2, 0.25) is 0 Å². The Morgan fingerprint density at radius 3 is 2.71 bits per heavy atom. The van der Waals surface area contributed by atoms with Gasteiger partial charge in [-0.1, -0.05) is 24.3 Å². The molecule has 1 heterocycles. The van der Waals surface area contributed by atoms with Crippen LogP contribution in [0.25, 0.3) is 0 Å². The van der Waals surface area contributed by atoms with Crippen molar-refractivity contribution >= 4 is 0 Å². The first-order chi connectivity index (χ1) is 10.1. The van der Waals surface area contributed by atoms with Gasteiger partial charge in [-0.2, -0.15) is 5.10 Å². The van der Waals surface area contributed by atoms with Gasteiger partial charge in [0.05, 0.1) is 5.69 Å². The molecule has 1 aromatic heterocycles. The number of hydrazine groups is 1. The van der Waals surface area contributed by atoms with E-state index in [4.69, 9.17) is 5.84 Å². The van der Waals surface area contributed by atoms with Gasteiger partial charge in [0.1, 0.15) is 0 Å². The van der Waals surface area contributed by atoms with E-state index >= 15 is 0 Å². The lowest BCUT2D eigenvalue weighted by Crippen LogP contribution is -2.37. The summed E-state index contributed by atoms with van der Waals surface area (Å²) in [6.07, 6.45) is 2.98. The van der Waals surface area contributed by atoms with E-state index in [9.17, 15) is 0 Å². The molecule has 0 aliphatic carbocycles. The summed E-state index contributed by atoms with van der Waals surface area (Å²) in [5.74, 6) is 5.74. The first-order valence-electron chi connectivity index (χ1n) is 7.68. The molecule has 4 heteroatoms. The van der Waals surface area contributed by atoms with Crippen LogP contribution in [0.3, 0.4) is 0 Å². The highest BCUT2D eigenvalue weighted by Gasteiger charge is 2.12. The zero-order chi connectivity index (χ0) is 15.2. The summed E-state index contributed by atoms with van der Waals surface area (Å²) in [5.41, 5.74) is 8.03. The molecule has 0 fully saturated rings. The number of nitrogens with one attached hydrogen (secondary N) is 1. The van der Waals surface area contributed by atoms with Crippen LogP contribution < -0.4 is 11.3 Å². The third-order valence-corrected chi connectivity index (χ3v) is 4.00. The van der Waals surface area contributed by atoms with Gasteiger partial charge in [-0.3, -0.25) is 16.0 Å². The maximum absolute atomic E-state index is 5.74. The number of benzene rings is 1. The molecule has 3 N–H and O–H groups in total. The highest BCUT2D eigenvalue weighted by molar-refractivity contribution is 5.25. The lowest BCUT2D eigenvalue weighted by molar-refractivity contribution is 0.471. The number of nitrogens with zero attached hydrogens (tertiary/aromatic N) is 2. The second kappa shape index (κ2) is 7.38. The Morgan fingerprint density at radius 2 is 2.05 bits per heavy atom. The molecule has 2 rings (SSSR count). The van der Waals surface area contributed by atoms with Gasteiger partial charge in [0.15, 0.2) is 0 Å². The zero-order valence-electron chi connectivity index (χ0n) is 13.3. The lowest BCUT2D eigenvalue weighted by atomic mass is 9.99. The fraction of sp³-hybridized carbons (Fsp3) is 0.471. The molecule has 0 aliphatic heterocycles. The van der Waals surface area contributed by atoms with Crippen molar-refractivity contribution in [2.45, 2.75) is 52.6 Å². The van der Waals surface area contributed by atoms with E-state index in [0.717, 1.165) is 31.5 Å². The molecule has 1 aromatic carbocycles. The standard InChI is InChI=1S/C17H26N4/c1-4-21-17(11-14(3)20-21)12-16(19-18)10-9-15-8-6-5-7-13(15)2/h5-8,11,16,19H,4,9-10,12,18H2,1-3H3. The monoisotopic (exact) mass is 286 g/mol. The van der Waals surface area contributed by atoms with Crippen molar-refractivity contribution in [1.29, 1.82) is 0 Å².